The molecule has 4 atom stereocenters. The summed E-state index contributed by atoms with van der Waals surface area (Å²) in [5.74, 6) is -0.00153. The third kappa shape index (κ3) is 9.66. The van der Waals surface area contributed by atoms with E-state index in [0.717, 1.165) is 91.1 Å². The molecule has 4 amide bonds. The maximum atomic E-state index is 14.3. The lowest BCUT2D eigenvalue weighted by Crippen LogP contribution is -2.34. The highest BCUT2D eigenvalue weighted by Gasteiger charge is 2.68. The highest BCUT2D eigenvalue weighted by Crippen LogP contribution is 2.67. The molecule has 16 rings (SSSR count). The van der Waals surface area contributed by atoms with Crippen molar-refractivity contribution >= 4 is 124 Å². The fraction of sp³-hybridized carbons (Fsp3) is 0.197. The van der Waals surface area contributed by atoms with Gasteiger partial charge in [0.1, 0.15) is 28.8 Å². The predicted octanol–water partition coefficient (Wildman–Crippen LogP) is 13.8. The number of ketones is 1. The number of likely N-dealkylation sites (tertiary alicyclic amines) is 1. The normalized spacial score (nSPS) is 17.3. The number of aryl methyl sites for hydroxylation is 2. The topological polar surface area (TPSA) is 250 Å². The summed E-state index contributed by atoms with van der Waals surface area (Å²) in [4.78, 5) is 85.6. The van der Waals surface area contributed by atoms with Crippen LogP contribution in [0.25, 0.3) is 54.6 Å². The Labute approximate surface area is 525 Å². The van der Waals surface area contributed by atoms with E-state index < -0.39 is 6.41 Å². The first-order chi connectivity index (χ1) is 44.2. The van der Waals surface area contributed by atoms with Crippen molar-refractivity contribution in [3.63, 3.8) is 0 Å². The Morgan fingerprint density at radius 1 is 0.747 bits per heavy atom. The smallest absolute Gasteiger partial charge is 0.291 e. The minimum Gasteiger partial charge on any atom is -0.463 e. The van der Waals surface area contributed by atoms with Crippen molar-refractivity contribution in [2.75, 3.05) is 57.8 Å². The number of para-hydroxylation sites is 2. The van der Waals surface area contributed by atoms with Crippen molar-refractivity contribution in [2.45, 2.75) is 51.9 Å². The van der Waals surface area contributed by atoms with Crippen LogP contribution in [-0.4, -0.2) is 97.8 Å². The van der Waals surface area contributed by atoms with Gasteiger partial charge in [0, 0.05) is 140 Å². The van der Waals surface area contributed by atoms with Crippen LogP contribution in [0.5, 0.6) is 5.75 Å². The van der Waals surface area contributed by atoms with Crippen molar-refractivity contribution in [3.05, 3.63) is 215 Å². The third-order valence-corrected chi connectivity index (χ3v) is 18.7. The summed E-state index contributed by atoms with van der Waals surface area (Å²) in [5.41, 5.74) is 13.7. The highest BCUT2D eigenvalue weighted by molar-refractivity contribution is 6.20. The Bertz CT molecular complexity index is 5000. The molecule has 2 aliphatic carbocycles. The minimum atomic E-state index is -1.35. The van der Waals surface area contributed by atoms with Crippen LogP contribution in [0.2, 0.25) is 0 Å². The molecule has 6 aromatic heterocycles. The van der Waals surface area contributed by atoms with Gasteiger partial charge in [-0.15, -0.1) is 11.6 Å². The number of H-pyrrole nitrogens is 4. The molecule has 8 N–H and O–H groups in total. The molecule has 0 bridgehead atoms. The maximum absolute atomic E-state index is 14.3. The molecule has 6 aromatic carbocycles. The number of piperidine rings is 1. The number of hydrogen-bond donors (Lipinski definition) is 8. The lowest BCUT2D eigenvalue weighted by Gasteiger charge is -2.28. The number of nitrogens with zero attached hydrogens (tertiary/aromatic N) is 3. The zero-order valence-electron chi connectivity index (χ0n) is 49.9. The first kappa shape index (κ1) is 56.7. The van der Waals surface area contributed by atoms with E-state index >= 15 is 0 Å². The third-order valence-electron chi connectivity index (χ3n) is 18.3. The van der Waals surface area contributed by atoms with Gasteiger partial charge in [-0.1, -0.05) is 36.4 Å². The Morgan fingerprint density at radius 2 is 1.44 bits per heavy atom. The maximum Gasteiger partial charge on any atom is 0.291 e. The molecule has 2 fully saturated rings. The van der Waals surface area contributed by atoms with Gasteiger partial charge in [-0.3, -0.25) is 24.0 Å². The number of allylic oxidation sites excluding steroid dienone is 2. The van der Waals surface area contributed by atoms with Gasteiger partial charge >= 0.3 is 0 Å². The number of halogens is 1. The molecule has 2 aliphatic heterocycles. The molecular formula is C71H61ClN10O9. The number of hydrogen-bond acceptors (Lipinski definition) is 11. The summed E-state index contributed by atoms with van der Waals surface area (Å²) in [5, 5.41) is 23.7. The van der Waals surface area contributed by atoms with Crippen LogP contribution in [0.3, 0.4) is 0 Å². The molecule has 1 unspecified atom stereocenters. The molecule has 4 aliphatic rings. The SMILES string of the molecule is CCN(CC)c1ccc2cc(C(=O)Nc3ccc4[nH]c(C(=O)N5C[C@@H](CCl)c6c5cc(OC(O)Nc5ccccc5)c5[nH]cc(C)c65)cc4c3)oc2c1.Cc1c[nH]c2c1[C@@]13C[C@@H]1CN(C(=O)c1cc4cc(NC(=O)c5coc6ccccc56)ccc4[nH]1)C3=CC2=O. The second kappa shape index (κ2) is 22.1. The van der Waals surface area contributed by atoms with Crippen molar-refractivity contribution in [2.24, 2.45) is 5.92 Å². The number of alkyl halides is 1. The minimum absolute atomic E-state index is 0.0819. The molecule has 20 heteroatoms. The number of ether oxygens (including phenoxy) is 1. The first-order valence-corrected chi connectivity index (χ1v) is 30.8. The Balaban J connectivity index is 0.000000159. The lowest BCUT2D eigenvalue weighted by molar-refractivity contribution is 0.00881. The standard InChI is InChI=1S/C41H39ClN6O5.C30H22N4O4/c1-4-47(5-2)29-13-11-24-17-35(52-33(24)18-29)39(49)44-28-12-14-30-25(15-28)16-31(46-30)40(50)48-22-26(20-42)37-32(48)19-34(38-36(37)23(3)21-43-38)53-41(51)45-27-9-7-6-8-10-27;1-15-12-31-27-23(35)10-25-30(26(15)27)11-17(30)13-34(25)29(37)22-9-16-8-18(6-7-21(16)33-22)32-28(36)20-14-38-24-5-3-2-4-19(20)24/h6-19,21,26,41,43,45-46,51H,4-5,20,22H2,1-3H3,(H,44,49);2-10,12,14,17,31,33H,11,13H2,1H3,(H,32,36)/t26-,41?;17-,30+/m11/s1. The fourth-order valence-electron chi connectivity index (χ4n) is 13.9. The number of benzene rings is 6. The van der Waals surface area contributed by atoms with Crippen LogP contribution in [0, 0.1) is 19.8 Å². The number of amides is 4. The van der Waals surface area contributed by atoms with E-state index in [0.29, 0.717) is 92.7 Å². The van der Waals surface area contributed by atoms with E-state index in [2.05, 4.69) is 54.6 Å². The average Bonchev–Trinajstić information content (AvgIpc) is 1.50. The fourth-order valence-corrected chi connectivity index (χ4v) is 14.2. The van der Waals surface area contributed by atoms with E-state index in [1.54, 1.807) is 52.3 Å². The van der Waals surface area contributed by atoms with Gasteiger partial charge in [-0.25, -0.2) is 0 Å². The summed E-state index contributed by atoms with van der Waals surface area (Å²) < 4.78 is 17.5. The van der Waals surface area contributed by atoms with Crippen molar-refractivity contribution < 1.29 is 42.7 Å². The number of furan rings is 2. The van der Waals surface area contributed by atoms with Gasteiger partial charge in [-0.2, -0.15) is 0 Å². The Hall–Kier alpha value is -10.8. The molecule has 91 heavy (non-hydrogen) atoms. The quantitative estimate of drug-likeness (QED) is 0.0375. The largest absolute Gasteiger partial charge is 0.463 e. The van der Waals surface area contributed by atoms with Crippen molar-refractivity contribution in [3.8, 4) is 5.75 Å². The molecule has 1 spiro atoms. The van der Waals surface area contributed by atoms with Crippen LogP contribution >= 0.6 is 11.6 Å². The number of nitrogens with one attached hydrogen (secondary N) is 7. The van der Waals surface area contributed by atoms with Crippen LogP contribution in [0.15, 0.2) is 173 Å². The van der Waals surface area contributed by atoms with E-state index in [1.165, 1.54) is 6.26 Å². The number of fused-ring (bicyclic) bond motifs is 8. The average molecular weight is 1230 g/mol. The van der Waals surface area contributed by atoms with Gasteiger partial charge in [0.05, 0.1) is 22.5 Å². The number of aromatic nitrogens is 4. The summed E-state index contributed by atoms with van der Waals surface area (Å²) in [6.45, 7) is 10.9. The number of aliphatic hydroxyl groups excluding tert-OH is 1. The van der Waals surface area contributed by atoms with E-state index in [4.69, 9.17) is 25.2 Å². The number of aromatic amines is 4. The molecule has 19 nitrogen and oxygen atoms in total. The van der Waals surface area contributed by atoms with Crippen LogP contribution < -0.4 is 30.5 Å². The summed E-state index contributed by atoms with van der Waals surface area (Å²) in [7, 11) is 0. The van der Waals surface area contributed by atoms with Crippen molar-refractivity contribution in [1.82, 2.24) is 24.8 Å². The zero-order chi connectivity index (χ0) is 62.6. The van der Waals surface area contributed by atoms with Gasteiger partial charge in [-0.05, 0) is 147 Å². The molecule has 1 saturated heterocycles. The summed E-state index contributed by atoms with van der Waals surface area (Å²) in [6.07, 6.45) is 6.48. The van der Waals surface area contributed by atoms with E-state index in [-0.39, 0.29) is 46.5 Å². The van der Waals surface area contributed by atoms with Crippen LogP contribution in [0.1, 0.15) is 101 Å². The molecule has 0 radical (unpaired) electrons. The van der Waals surface area contributed by atoms with E-state index in [1.807, 2.05) is 123 Å². The van der Waals surface area contributed by atoms with Gasteiger partial charge in [0.25, 0.3) is 30.0 Å². The monoisotopic (exact) mass is 1230 g/mol. The molecule has 1 saturated carbocycles. The molecule has 8 heterocycles. The second-order valence-corrected chi connectivity index (χ2v) is 24.0. The van der Waals surface area contributed by atoms with Crippen LogP contribution in [-0.2, 0) is 5.41 Å². The number of anilines is 5. The Kier molecular flexibility index (Phi) is 13.8. The van der Waals surface area contributed by atoms with Gasteiger partial charge < -0.3 is 69.3 Å². The Morgan fingerprint density at radius 3 is 2.16 bits per heavy atom. The number of rotatable bonds is 14. The number of carbonyl (C=O) groups is 5. The van der Waals surface area contributed by atoms with Crippen molar-refractivity contribution in [1.29, 1.82) is 0 Å². The second-order valence-electron chi connectivity index (χ2n) is 23.7. The summed E-state index contributed by atoms with van der Waals surface area (Å²) >= 11 is 6.53. The molecule has 456 valence electrons. The number of carbonyl (C=O) groups excluding carboxylic acids is 5. The first-order valence-electron chi connectivity index (χ1n) is 30.3. The zero-order valence-corrected chi connectivity index (χ0v) is 50.7. The molecule has 12 aromatic rings. The van der Waals surface area contributed by atoms with Gasteiger partial charge in [0.15, 0.2) is 11.5 Å². The van der Waals surface area contributed by atoms with E-state index in [9.17, 15) is 29.1 Å². The molecular weight excluding hydrogens is 1170 g/mol. The van der Waals surface area contributed by atoms with Gasteiger partial charge in [0.2, 0.25) is 5.78 Å². The highest BCUT2D eigenvalue weighted by atomic mass is 35.5. The van der Waals surface area contributed by atoms with Crippen LogP contribution in [0.4, 0.5) is 28.4 Å². The predicted molar refractivity (Wildman–Crippen MR) is 352 cm³/mol. The summed E-state index contributed by atoms with van der Waals surface area (Å²) in [6, 6.07) is 40.6. The lowest BCUT2D eigenvalue weighted by atomic mass is 9.83. The number of aliphatic hydroxyl groups is 1.